The SMILES string of the molecule is CC(C)(C)c1c(F)cc(N)cc1F. The number of nitrogens with two attached hydrogens (primary N) is 1. The van der Waals surface area contributed by atoms with Crippen LogP contribution in [0.3, 0.4) is 0 Å². The molecule has 2 N–H and O–H groups in total. The molecule has 0 saturated heterocycles. The van der Waals surface area contributed by atoms with Crippen molar-refractivity contribution in [1.29, 1.82) is 0 Å². The Labute approximate surface area is 76.6 Å². The highest BCUT2D eigenvalue weighted by molar-refractivity contribution is 5.43. The lowest BCUT2D eigenvalue weighted by Gasteiger charge is -2.20. The average molecular weight is 185 g/mol. The largest absolute Gasteiger partial charge is 0.399 e. The summed E-state index contributed by atoms with van der Waals surface area (Å²) >= 11 is 0. The van der Waals surface area contributed by atoms with Crippen LogP contribution in [0.5, 0.6) is 0 Å². The maximum Gasteiger partial charge on any atom is 0.131 e. The van der Waals surface area contributed by atoms with E-state index in [2.05, 4.69) is 0 Å². The van der Waals surface area contributed by atoms with Gasteiger partial charge in [0, 0.05) is 11.3 Å². The molecule has 0 saturated carbocycles. The lowest BCUT2D eigenvalue weighted by Crippen LogP contribution is -2.16. The second kappa shape index (κ2) is 2.98. The fourth-order valence-corrected chi connectivity index (χ4v) is 1.31. The van der Waals surface area contributed by atoms with E-state index < -0.39 is 17.0 Å². The van der Waals surface area contributed by atoms with Crippen LogP contribution in [0.4, 0.5) is 14.5 Å². The van der Waals surface area contributed by atoms with Gasteiger partial charge < -0.3 is 5.73 Å². The van der Waals surface area contributed by atoms with Gasteiger partial charge in [0.1, 0.15) is 11.6 Å². The van der Waals surface area contributed by atoms with Crippen LogP contribution in [-0.4, -0.2) is 0 Å². The summed E-state index contributed by atoms with van der Waals surface area (Å²) in [4.78, 5) is 0. The van der Waals surface area contributed by atoms with Crippen LogP contribution in [0.15, 0.2) is 12.1 Å². The third-order valence-electron chi connectivity index (χ3n) is 1.81. The Balaban J connectivity index is 3.38. The van der Waals surface area contributed by atoms with Crippen molar-refractivity contribution in [2.24, 2.45) is 0 Å². The first-order chi connectivity index (χ1) is 5.82. The molecule has 72 valence electrons. The Kier molecular flexibility index (Phi) is 2.28. The Bertz CT molecular complexity index is 303. The van der Waals surface area contributed by atoms with Crippen LogP contribution in [0.2, 0.25) is 0 Å². The number of rotatable bonds is 0. The summed E-state index contributed by atoms with van der Waals surface area (Å²) in [5.41, 5.74) is 4.95. The van der Waals surface area contributed by atoms with E-state index in [9.17, 15) is 8.78 Å². The van der Waals surface area contributed by atoms with Crippen LogP contribution in [-0.2, 0) is 5.41 Å². The van der Waals surface area contributed by atoms with Crippen molar-refractivity contribution in [2.45, 2.75) is 26.2 Å². The Hall–Kier alpha value is -1.12. The summed E-state index contributed by atoms with van der Waals surface area (Å²) in [5, 5.41) is 0. The number of nitrogen functional groups attached to an aromatic ring is 1. The monoisotopic (exact) mass is 185 g/mol. The molecule has 0 aliphatic rings. The minimum Gasteiger partial charge on any atom is -0.399 e. The predicted molar refractivity (Wildman–Crippen MR) is 49.5 cm³/mol. The van der Waals surface area contributed by atoms with Gasteiger partial charge in [-0.2, -0.15) is 0 Å². The molecule has 1 nitrogen and oxygen atoms in total. The first-order valence-corrected chi connectivity index (χ1v) is 4.07. The van der Waals surface area contributed by atoms with E-state index in [0.717, 1.165) is 12.1 Å². The van der Waals surface area contributed by atoms with E-state index in [1.54, 1.807) is 20.8 Å². The standard InChI is InChI=1S/C10H13F2N/c1-10(2,3)9-7(11)4-6(13)5-8(9)12/h4-5H,13H2,1-3H3. The van der Waals surface area contributed by atoms with Gasteiger partial charge in [-0.1, -0.05) is 20.8 Å². The Morgan fingerprint density at radius 3 is 1.77 bits per heavy atom. The molecular weight excluding hydrogens is 172 g/mol. The zero-order chi connectivity index (χ0) is 10.2. The van der Waals surface area contributed by atoms with Gasteiger partial charge >= 0.3 is 0 Å². The van der Waals surface area contributed by atoms with E-state index in [0.29, 0.717) is 0 Å². The highest BCUT2D eigenvalue weighted by Gasteiger charge is 2.23. The average Bonchev–Trinajstić information content (AvgIpc) is 1.78. The third kappa shape index (κ3) is 1.97. The quantitative estimate of drug-likeness (QED) is 0.618. The molecule has 0 fully saturated rings. The van der Waals surface area contributed by atoms with Gasteiger partial charge in [-0.3, -0.25) is 0 Å². The molecular formula is C10H13F2N. The summed E-state index contributed by atoms with van der Waals surface area (Å²) in [6, 6.07) is 2.29. The molecule has 1 aromatic rings. The topological polar surface area (TPSA) is 26.0 Å². The molecule has 13 heavy (non-hydrogen) atoms. The van der Waals surface area contributed by atoms with E-state index in [4.69, 9.17) is 5.73 Å². The fourth-order valence-electron chi connectivity index (χ4n) is 1.31. The molecule has 1 aromatic carbocycles. The summed E-state index contributed by atoms with van der Waals surface area (Å²) in [7, 11) is 0. The molecule has 0 spiro atoms. The fraction of sp³-hybridized carbons (Fsp3) is 0.400. The van der Waals surface area contributed by atoms with Crippen LogP contribution < -0.4 is 5.73 Å². The second-order valence-corrected chi connectivity index (χ2v) is 4.11. The number of benzene rings is 1. The van der Waals surface area contributed by atoms with Crippen molar-refractivity contribution >= 4 is 5.69 Å². The van der Waals surface area contributed by atoms with Crippen molar-refractivity contribution in [3.8, 4) is 0 Å². The molecule has 0 unspecified atom stereocenters. The van der Waals surface area contributed by atoms with E-state index in [-0.39, 0.29) is 11.3 Å². The number of hydrogen-bond donors (Lipinski definition) is 1. The first kappa shape index (κ1) is 9.96. The van der Waals surface area contributed by atoms with Crippen molar-refractivity contribution in [2.75, 3.05) is 5.73 Å². The van der Waals surface area contributed by atoms with Gasteiger partial charge in [0.25, 0.3) is 0 Å². The smallest absolute Gasteiger partial charge is 0.131 e. The number of hydrogen-bond acceptors (Lipinski definition) is 1. The van der Waals surface area contributed by atoms with Crippen molar-refractivity contribution in [3.63, 3.8) is 0 Å². The summed E-state index contributed by atoms with van der Waals surface area (Å²) in [5.74, 6) is -1.16. The molecule has 0 aliphatic carbocycles. The third-order valence-corrected chi connectivity index (χ3v) is 1.81. The van der Waals surface area contributed by atoms with Crippen molar-refractivity contribution in [1.82, 2.24) is 0 Å². The minimum absolute atomic E-state index is 0.0849. The van der Waals surface area contributed by atoms with Gasteiger partial charge in [-0.15, -0.1) is 0 Å². The molecule has 3 heteroatoms. The van der Waals surface area contributed by atoms with Crippen LogP contribution in [0.1, 0.15) is 26.3 Å². The van der Waals surface area contributed by atoms with Gasteiger partial charge in [-0.25, -0.2) is 8.78 Å². The van der Waals surface area contributed by atoms with Gasteiger partial charge in [0.05, 0.1) is 0 Å². The van der Waals surface area contributed by atoms with Crippen molar-refractivity contribution in [3.05, 3.63) is 29.3 Å². The molecule has 0 aromatic heterocycles. The van der Waals surface area contributed by atoms with Crippen LogP contribution >= 0.6 is 0 Å². The highest BCUT2D eigenvalue weighted by atomic mass is 19.1. The second-order valence-electron chi connectivity index (χ2n) is 4.11. The maximum atomic E-state index is 13.3. The summed E-state index contributed by atoms with van der Waals surface area (Å²) < 4.78 is 26.6. The Morgan fingerprint density at radius 1 is 1.08 bits per heavy atom. The molecule has 0 bridgehead atoms. The predicted octanol–water partition coefficient (Wildman–Crippen LogP) is 2.84. The zero-order valence-corrected chi connectivity index (χ0v) is 7.99. The van der Waals surface area contributed by atoms with Crippen molar-refractivity contribution < 1.29 is 8.78 Å². The molecule has 0 aliphatic heterocycles. The van der Waals surface area contributed by atoms with E-state index >= 15 is 0 Å². The molecule has 0 atom stereocenters. The lowest BCUT2D eigenvalue weighted by atomic mass is 9.86. The normalized spacial score (nSPS) is 11.8. The van der Waals surface area contributed by atoms with Gasteiger partial charge in [0.15, 0.2) is 0 Å². The lowest BCUT2D eigenvalue weighted by molar-refractivity contribution is 0.476. The van der Waals surface area contributed by atoms with Crippen LogP contribution in [0, 0.1) is 11.6 Å². The minimum atomic E-state index is -0.579. The van der Waals surface area contributed by atoms with Gasteiger partial charge in [0.2, 0.25) is 0 Å². The first-order valence-electron chi connectivity index (χ1n) is 4.07. The number of halogens is 2. The van der Waals surface area contributed by atoms with Crippen LogP contribution in [0.25, 0.3) is 0 Å². The summed E-state index contributed by atoms with van der Waals surface area (Å²) in [6.45, 7) is 5.26. The van der Waals surface area contributed by atoms with Gasteiger partial charge in [-0.05, 0) is 17.5 Å². The molecule has 0 radical (unpaired) electrons. The molecule has 0 heterocycles. The molecule has 0 amide bonds. The van der Waals surface area contributed by atoms with E-state index in [1.165, 1.54) is 0 Å². The number of anilines is 1. The summed E-state index contributed by atoms with van der Waals surface area (Å²) in [6.07, 6.45) is 0. The highest BCUT2D eigenvalue weighted by Crippen LogP contribution is 2.29. The maximum absolute atomic E-state index is 13.3. The Morgan fingerprint density at radius 2 is 1.46 bits per heavy atom. The van der Waals surface area contributed by atoms with E-state index in [1.807, 2.05) is 0 Å². The zero-order valence-electron chi connectivity index (χ0n) is 7.99. The molecule has 1 rings (SSSR count).